The predicted octanol–water partition coefficient (Wildman–Crippen LogP) is 2.41. The summed E-state index contributed by atoms with van der Waals surface area (Å²) in [6, 6.07) is 9.15. The summed E-state index contributed by atoms with van der Waals surface area (Å²) in [6.45, 7) is 1.92. The van der Waals surface area contributed by atoms with Gasteiger partial charge in [-0.2, -0.15) is 10.1 Å². The van der Waals surface area contributed by atoms with E-state index in [0.29, 0.717) is 17.3 Å². The van der Waals surface area contributed by atoms with E-state index in [1.165, 1.54) is 0 Å². The topological polar surface area (TPSA) is 65.4 Å². The Balaban J connectivity index is 1.98. The first-order valence-electron chi connectivity index (χ1n) is 5.57. The van der Waals surface area contributed by atoms with E-state index < -0.39 is 0 Å². The minimum Gasteiger partial charge on any atom is -0.439 e. The largest absolute Gasteiger partial charge is 0.439 e. The number of hydrogen-bond acceptors (Lipinski definition) is 4. The first kappa shape index (κ1) is 10.6. The van der Waals surface area contributed by atoms with Crippen LogP contribution in [0.3, 0.4) is 0 Å². The summed E-state index contributed by atoms with van der Waals surface area (Å²) in [4.78, 5) is 4.34. The minimum absolute atomic E-state index is 0.525. The number of rotatable bonds is 2. The number of benzene rings is 1. The molecule has 1 aromatic carbocycles. The van der Waals surface area contributed by atoms with Crippen molar-refractivity contribution in [2.24, 2.45) is 0 Å². The van der Waals surface area contributed by atoms with Gasteiger partial charge in [-0.05, 0) is 19.1 Å². The molecule has 0 aliphatic heterocycles. The summed E-state index contributed by atoms with van der Waals surface area (Å²) in [6.07, 6.45) is 3.50. The third-order valence-electron chi connectivity index (χ3n) is 2.77. The molecule has 5 nitrogen and oxygen atoms in total. The molecule has 2 N–H and O–H groups in total. The standard InChI is InChI=1S/C13H12N4O/c1-9-10(14)3-2-4-11(9)18-13-6-8-17-12(16-13)5-7-15-17/h2-8H,14H2,1H3. The average molecular weight is 240 g/mol. The van der Waals surface area contributed by atoms with Gasteiger partial charge in [0.1, 0.15) is 5.75 Å². The van der Waals surface area contributed by atoms with Crippen molar-refractivity contribution in [3.05, 3.63) is 48.3 Å². The van der Waals surface area contributed by atoms with E-state index in [-0.39, 0.29) is 0 Å². The first-order chi connectivity index (χ1) is 8.74. The lowest BCUT2D eigenvalue weighted by Gasteiger charge is -2.09. The van der Waals surface area contributed by atoms with Crippen molar-refractivity contribution < 1.29 is 4.74 Å². The van der Waals surface area contributed by atoms with E-state index in [9.17, 15) is 0 Å². The molecular formula is C13H12N4O. The molecule has 0 saturated heterocycles. The van der Waals surface area contributed by atoms with Gasteiger partial charge >= 0.3 is 0 Å². The summed E-state index contributed by atoms with van der Waals surface area (Å²) in [5.41, 5.74) is 8.19. The fourth-order valence-corrected chi connectivity index (χ4v) is 1.71. The molecule has 0 spiro atoms. The van der Waals surface area contributed by atoms with Crippen molar-refractivity contribution in [3.8, 4) is 11.6 Å². The van der Waals surface area contributed by atoms with Gasteiger partial charge in [-0.25, -0.2) is 4.52 Å². The molecule has 0 amide bonds. The lowest BCUT2D eigenvalue weighted by Crippen LogP contribution is -1.96. The molecule has 0 fully saturated rings. The number of aromatic nitrogens is 3. The SMILES string of the molecule is Cc1c(N)cccc1Oc1ccn2nccc2n1. The number of hydrogen-bond donors (Lipinski definition) is 1. The highest BCUT2D eigenvalue weighted by Crippen LogP contribution is 2.27. The summed E-state index contributed by atoms with van der Waals surface area (Å²) in [5, 5.41) is 4.08. The maximum Gasteiger partial charge on any atom is 0.222 e. The normalized spacial score (nSPS) is 10.7. The van der Waals surface area contributed by atoms with Crippen LogP contribution in [-0.4, -0.2) is 14.6 Å². The second-order valence-corrected chi connectivity index (χ2v) is 3.97. The Morgan fingerprint density at radius 3 is 3.00 bits per heavy atom. The Hall–Kier alpha value is -2.56. The Morgan fingerprint density at radius 2 is 2.11 bits per heavy atom. The monoisotopic (exact) mass is 240 g/mol. The highest BCUT2D eigenvalue weighted by molar-refractivity contribution is 5.54. The van der Waals surface area contributed by atoms with Crippen LogP contribution in [0.2, 0.25) is 0 Å². The molecule has 0 unspecified atom stereocenters. The molecule has 5 heteroatoms. The Bertz CT molecular complexity index is 705. The van der Waals surface area contributed by atoms with Crippen molar-refractivity contribution in [2.75, 3.05) is 5.73 Å². The van der Waals surface area contributed by atoms with Gasteiger partial charge in [-0.3, -0.25) is 0 Å². The number of nitrogens with two attached hydrogens (primary N) is 1. The predicted molar refractivity (Wildman–Crippen MR) is 68.7 cm³/mol. The molecule has 18 heavy (non-hydrogen) atoms. The zero-order chi connectivity index (χ0) is 12.5. The number of ether oxygens (including phenoxy) is 1. The van der Waals surface area contributed by atoms with Gasteiger partial charge in [0.2, 0.25) is 5.88 Å². The van der Waals surface area contributed by atoms with Crippen LogP contribution in [0.25, 0.3) is 5.65 Å². The average Bonchev–Trinajstić information content (AvgIpc) is 2.82. The number of nitrogens with zero attached hydrogens (tertiary/aromatic N) is 3. The minimum atomic E-state index is 0.525. The van der Waals surface area contributed by atoms with Crippen molar-refractivity contribution in [1.29, 1.82) is 0 Å². The Morgan fingerprint density at radius 1 is 1.22 bits per heavy atom. The van der Waals surface area contributed by atoms with Gasteiger partial charge in [-0.15, -0.1) is 0 Å². The molecule has 90 valence electrons. The van der Waals surface area contributed by atoms with Crippen molar-refractivity contribution >= 4 is 11.3 Å². The smallest absolute Gasteiger partial charge is 0.222 e. The number of nitrogen functional groups attached to an aromatic ring is 1. The van der Waals surface area contributed by atoms with Crippen LogP contribution in [0.1, 0.15) is 5.56 Å². The van der Waals surface area contributed by atoms with E-state index in [1.807, 2.05) is 31.2 Å². The van der Waals surface area contributed by atoms with E-state index in [2.05, 4.69) is 10.1 Å². The maximum atomic E-state index is 5.83. The quantitative estimate of drug-likeness (QED) is 0.698. The van der Waals surface area contributed by atoms with Gasteiger partial charge in [0.15, 0.2) is 5.65 Å². The molecule has 0 atom stereocenters. The maximum absolute atomic E-state index is 5.83. The molecule has 0 saturated carbocycles. The fraction of sp³-hybridized carbons (Fsp3) is 0.0769. The van der Waals surface area contributed by atoms with Gasteiger partial charge in [-0.1, -0.05) is 6.07 Å². The van der Waals surface area contributed by atoms with Crippen LogP contribution >= 0.6 is 0 Å². The van der Waals surface area contributed by atoms with Crippen LogP contribution in [-0.2, 0) is 0 Å². The van der Waals surface area contributed by atoms with E-state index >= 15 is 0 Å². The first-order valence-corrected chi connectivity index (χ1v) is 5.57. The summed E-state index contributed by atoms with van der Waals surface area (Å²) in [7, 11) is 0. The molecule has 0 bridgehead atoms. The zero-order valence-electron chi connectivity index (χ0n) is 9.87. The highest BCUT2D eigenvalue weighted by atomic mass is 16.5. The molecular weight excluding hydrogens is 228 g/mol. The summed E-state index contributed by atoms with van der Waals surface area (Å²) in [5.74, 6) is 1.24. The van der Waals surface area contributed by atoms with Gasteiger partial charge in [0.25, 0.3) is 0 Å². The van der Waals surface area contributed by atoms with Gasteiger partial charge in [0.05, 0.1) is 6.20 Å². The van der Waals surface area contributed by atoms with Crippen LogP contribution in [0.15, 0.2) is 42.7 Å². The molecule has 2 aromatic heterocycles. The number of fused-ring (bicyclic) bond motifs is 1. The van der Waals surface area contributed by atoms with E-state index in [1.54, 1.807) is 23.0 Å². The molecule has 2 heterocycles. The third-order valence-corrected chi connectivity index (χ3v) is 2.77. The van der Waals surface area contributed by atoms with Crippen LogP contribution in [0.4, 0.5) is 5.69 Å². The van der Waals surface area contributed by atoms with E-state index in [4.69, 9.17) is 10.5 Å². The lowest BCUT2D eigenvalue weighted by atomic mass is 10.2. The van der Waals surface area contributed by atoms with Crippen molar-refractivity contribution in [3.63, 3.8) is 0 Å². The summed E-state index contributed by atoms with van der Waals surface area (Å²) < 4.78 is 7.41. The number of anilines is 1. The Labute approximate surface area is 104 Å². The molecule has 0 radical (unpaired) electrons. The fourth-order valence-electron chi connectivity index (χ4n) is 1.71. The third kappa shape index (κ3) is 1.75. The van der Waals surface area contributed by atoms with Crippen LogP contribution in [0, 0.1) is 6.92 Å². The second-order valence-electron chi connectivity index (χ2n) is 3.97. The van der Waals surface area contributed by atoms with Crippen molar-refractivity contribution in [2.45, 2.75) is 6.92 Å². The molecule has 0 aliphatic carbocycles. The van der Waals surface area contributed by atoms with E-state index in [0.717, 1.165) is 11.2 Å². The lowest BCUT2D eigenvalue weighted by molar-refractivity contribution is 0.460. The zero-order valence-corrected chi connectivity index (χ0v) is 9.87. The van der Waals surface area contributed by atoms with Gasteiger partial charge < -0.3 is 10.5 Å². The summed E-state index contributed by atoms with van der Waals surface area (Å²) >= 11 is 0. The van der Waals surface area contributed by atoms with Crippen molar-refractivity contribution in [1.82, 2.24) is 14.6 Å². The Kier molecular flexibility index (Phi) is 2.37. The highest BCUT2D eigenvalue weighted by Gasteiger charge is 2.05. The molecule has 3 rings (SSSR count). The van der Waals surface area contributed by atoms with Gasteiger partial charge in [0, 0.05) is 29.6 Å². The second kappa shape index (κ2) is 4.03. The van der Waals surface area contributed by atoms with Crippen LogP contribution < -0.4 is 10.5 Å². The molecule has 0 aliphatic rings. The van der Waals surface area contributed by atoms with Crippen LogP contribution in [0.5, 0.6) is 11.6 Å². The molecule has 3 aromatic rings.